The number of anilines is 1. The first kappa shape index (κ1) is 24.2. The summed E-state index contributed by atoms with van der Waals surface area (Å²) in [5, 5.41) is 3.53. The van der Waals surface area contributed by atoms with E-state index in [1.54, 1.807) is 14.2 Å². The molecule has 0 aliphatic carbocycles. The second kappa shape index (κ2) is 11.4. The second-order valence-electron chi connectivity index (χ2n) is 8.02. The molecule has 4 rings (SSSR count). The fourth-order valence-corrected chi connectivity index (χ4v) is 4.32. The Kier molecular flexibility index (Phi) is 8.67. The molecule has 0 saturated carbocycles. The van der Waals surface area contributed by atoms with Gasteiger partial charge in [-0.05, 0) is 41.8 Å². The van der Waals surface area contributed by atoms with Crippen molar-refractivity contribution in [3.8, 4) is 11.5 Å². The third-order valence-corrected chi connectivity index (χ3v) is 6.12. The highest BCUT2D eigenvalue weighted by atomic mass is 127. The lowest BCUT2D eigenvalue weighted by molar-refractivity contribution is 0.392. The largest absolute Gasteiger partial charge is 0.497 e. The van der Waals surface area contributed by atoms with Crippen LogP contribution in [0.5, 0.6) is 11.5 Å². The highest BCUT2D eigenvalue weighted by Gasteiger charge is 2.27. The molecule has 0 spiro atoms. The van der Waals surface area contributed by atoms with Crippen molar-refractivity contribution in [2.75, 3.05) is 52.3 Å². The molecule has 0 amide bonds. The number of aliphatic imine (C=N–C) groups is 1. The summed E-state index contributed by atoms with van der Waals surface area (Å²) in [4.78, 5) is 9.22. The van der Waals surface area contributed by atoms with Crippen molar-refractivity contribution in [2.24, 2.45) is 4.99 Å². The van der Waals surface area contributed by atoms with Crippen molar-refractivity contribution < 1.29 is 9.47 Å². The van der Waals surface area contributed by atoms with Crippen molar-refractivity contribution in [3.63, 3.8) is 0 Å². The van der Waals surface area contributed by atoms with E-state index in [-0.39, 0.29) is 24.0 Å². The van der Waals surface area contributed by atoms with E-state index in [9.17, 15) is 0 Å². The number of likely N-dealkylation sites (tertiary alicyclic amines) is 1. The number of hydrogen-bond acceptors (Lipinski definition) is 4. The maximum atomic E-state index is 5.44. The molecule has 6 nitrogen and oxygen atoms in total. The fourth-order valence-electron chi connectivity index (χ4n) is 4.32. The van der Waals surface area contributed by atoms with E-state index >= 15 is 0 Å². The molecule has 1 saturated heterocycles. The molecule has 1 unspecified atom stereocenters. The Balaban J connectivity index is 0.00000289. The topological polar surface area (TPSA) is 49.3 Å². The molecule has 7 heteroatoms. The lowest BCUT2D eigenvalue weighted by Gasteiger charge is -2.22. The molecule has 2 aromatic rings. The Morgan fingerprint density at radius 2 is 1.69 bits per heavy atom. The standard InChI is InChI=1S/C25H32N4O2.HI/c1-26-25(27-17-19-6-8-22(9-7-19)28-11-4-5-12-28)29-13-10-20(18-29)21-14-23(30-2)16-24(15-21)31-3;/h4-9,14-16,20H,10-13,17-18H2,1-3H3,(H,26,27);1H. The zero-order valence-corrected chi connectivity index (χ0v) is 21.4. The average Bonchev–Trinajstić information content (AvgIpc) is 3.52. The van der Waals surface area contributed by atoms with Gasteiger partial charge in [-0.25, -0.2) is 0 Å². The Bertz CT molecular complexity index is 915. The summed E-state index contributed by atoms with van der Waals surface area (Å²) in [5.74, 6) is 3.05. The van der Waals surface area contributed by atoms with Gasteiger partial charge in [-0.2, -0.15) is 0 Å². The maximum Gasteiger partial charge on any atom is 0.193 e. The van der Waals surface area contributed by atoms with Crippen LogP contribution in [-0.4, -0.2) is 58.3 Å². The Morgan fingerprint density at radius 3 is 2.28 bits per heavy atom. The first-order valence-corrected chi connectivity index (χ1v) is 10.9. The van der Waals surface area contributed by atoms with Crippen molar-refractivity contribution >= 4 is 35.6 Å². The van der Waals surface area contributed by atoms with Gasteiger partial charge in [0.2, 0.25) is 0 Å². The minimum Gasteiger partial charge on any atom is -0.497 e. The van der Waals surface area contributed by atoms with Gasteiger partial charge in [0, 0.05) is 57.4 Å². The van der Waals surface area contributed by atoms with E-state index in [2.05, 4.69) is 68.7 Å². The summed E-state index contributed by atoms with van der Waals surface area (Å²) >= 11 is 0. The number of hydrogen-bond donors (Lipinski definition) is 1. The Labute approximate surface area is 208 Å². The lowest BCUT2D eigenvalue weighted by Crippen LogP contribution is -2.39. The van der Waals surface area contributed by atoms with Crippen LogP contribution < -0.4 is 19.7 Å². The molecule has 0 radical (unpaired) electrons. The van der Waals surface area contributed by atoms with Gasteiger partial charge in [-0.15, -0.1) is 24.0 Å². The van der Waals surface area contributed by atoms with Crippen LogP contribution in [0.15, 0.2) is 59.6 Å². The predicted molar refractivity (Wildman–Crippen MR) is 142 cm³/mol. The first-order valence-electron chi connectivity index (χ1n) is 10.9. The molecule has 2 heterocycles. The van der Waals surface area contributed by atoms with E-state index in [0.717, 1.165) is 56.6 Å². The van der Waals surface area contributed by atoms with Gasteiger partial charge < -0.3 is 24.6 Å². The van der Waals surface area contributed by atoms with Crippen LogP contribution in [0.25, 0.3) is 0 Å². The molecule has 0 bridgehead atoms. The first-order chi connectivity index (χ1) is 15.2. The number of nitrogens with one attached hydrogen (secondary N) is 1. The Hall–Kier alpha value is -2.42. The third kappa shape index (κ3) is 5.68. The summed E-state index contributed by atoms with van der Waals surface area (Å²) in [6.45, 7) is 4.67. The summed E-state index contributed by atoms with van der Waals surface area (Å²) in [6.07, 6.45) is 5.50. The highest BCUT2D eigenvalue weighted by molar-refractivity contribution is 14.0. The van der Waals surface area contributed by atoms with Crippen molar-refractivity contribution in [1.82, 2.24) is 10.2 Å². The highest BCUT2D eigenvalue weighted by Crippen LogP contribution is 2.33. The fraction of sp³-hybridized carbons (Fsp3) is 0.400. The number of halogens is 1. The molecular weight excluding hydrogens is 515 g/mol. The van der Waals surface area contributed by atoms with Crippen LogP contribution in [0.1, 0.15) is 23.5 Å². The average molecular weight is 548 g/mol. The van der Waals surface area contributed by atoms with Crippen molar-refractivity contribution in [3.05, 3.63) is 65.7 Å². The molecule has 2 aromatic carbocycles. The van der Waals surface area contributed by atoms with Crippen LogP contribution in [0.3, 0.4) is 0 Å². The summed E-state index contributed by atoms with van der Waals surface area (Å²) in [7, 11) is 5.24. The SMILES string of the molecule is CN=C(NCc1ccc(N2CC=CC2)cc1)N1CCC(c2cc(OC)cc(OC)c2)C1.I. The van der Waals surface area contributed by atoms with Crippen LogP contribution in [0.2, 0.25) is 0 Å². The minimum absolute atomic E-state index is 0. The molecule has 2 aliphatic rings. The van der Waals surface area contributed by atoms with Gasteiger partial charge in [0.1, 0.15) is 11.5 Å². The summed E-state index contributed by atoms with van der Waals surface area (Å²) < 4.78 is 10.9. The predicted octanol–water partition coefficient (Wildman–Crippen LogP) is 4.26. The normalized spacial score (nSPS) is 18.0. The number of benzene rings is 2. The van der Waals surface area contributed by atoms with Gasteiger partial charge >= 0.3 is 0 Å². The van der Waals surface area contributed by atoms with Crippen molar-refractivity contribution in [2.45, 2.75) is 18.9 Å². The Morgan fingerprint density at radius 1 is 1.03 bits per heavy atom. The van der Waals surface area contributed by atoms with Crippen LogP contribution in [0, 0.1) is 0 Å². The van der Waals surface area contributed by atoms with Crippen LogP contribution >= 0.6 is 24.0 Å². The van der Waals surface area contributed by atoms with Crippen LogP contribution in [0.4, 0.5) is 5.69 Å². The van der Waals surface area contributed by atoms with E-state index in [1.165, 1.54) is 16.8 Å². The van der Waals surface area contributed by atoms with Crippen molar-refractivity contribution in [1.29, 1.82) is 0 Å². The van der Waals surface area contributed by atoms with Gasteiger partial charge in [-0.1, -0.05) is 24.3 Å². The van der Waals surface area contributed by atoms with Crippen LogP contribution in [-0.2, 0) is 6.54 Å². The van der Waals surface area contributed by atoms with E-state index in [4.69, 9.17) is 9.47 Å². The number of nitrogens with zero attached hydrogens (tertiary/aromatic N) is 3. The molecule has 1 fully saturated rings. The summed E-state index contributed by atoms with van der Waals surface area (Å²) in [6, 6.07) is 15.0. The minimum atomic E-state index is 0. The number of methoxy groups -OCH3 is 2. The van der Waals surface area contributed by atoms with E-state index < -0.39 is 0 Å². The maximum absolute atomic E-state index is 5.44. The van der Waals surface area contributed by atoms with E-state index in [1.807, 2.05) is 13.1 Å². The van der Waals surface area contributed by atoms with Gasteiger partial charge in [0.05, 0.1) is 14.2 Å². The van der Waals surface area contributed by atoms with Gasteiger partial charge in [0.25, 0.3) is 0 Å². The quantitative estimate of drug-likeness (QED) is 0.253. The smallest absolute Gasteiger partial charge is 0.193 e. The second-order valence-corrected chi connectivity index (χ2v) is 8.02. The molecule has 32 heavy (non-hydrogen) atoms. The van der Waals surface area contributed by atoms with E-state index in [0.29, 0.717) is 5.92 Å². The number of guanidine groups is 1. The molecule has 2 aliphatic heterocycles. The molecule has 0 aromatic heterocycles. The van der Waals surface area contributed by atoms with Gasteiger partial charge in [0.15, 0.2) is 5.96 Å². The zero-order chi connectivity index (χ0) is 21.6. The zero-order valence-electron chi connectivity index (χ0n) is 19.1. The third-order valence-electron chi connectivity index (χ3n) is 6.12. The number of rotatable bonds is 6. The van der Waals surface area contributed by atoms with Gasteiger partial charge in [-0.3, -0.25) is 4.99 Å². The monoisotopic (exact) mass is 548 g/mol. The molecule has 1 atom stereocenters. The molecule has 1 N–H and O–H groups in total. The lowest BCUT2D eigenvalue weighted by atomic mass is 9.98. The summed E-state index contributed by atoms with van der Waals surface area (Å²) in [5.41, 5.74) is 3.78. The molecule has 172 valence electrons. The molecular formula is C25H33IN4O2. The number of ether oxygens (including phenoxy) is 2.